The van der Waals surface area contributed by atoms with E-state index in [1.807, 2.05) is 0 Å². The summed E-state index contributed by atoms with van der Waals surface area (Å²) in [6, 6.07) is 6.54. The smallest absolute Gasteiger partial charge is 0.321 e. The number of halogens is 1. The van der Waals surface area contributed by atoms with Gasteiger partial charge in [0, 0.05) is 24.8 Å². The lowest BCUT2D eigenvalue weighted by molar-refractivity contribution is 0.176. The van der Waals surface area contributed by atoms with Crippen LogP contribution in [0.4, 0.5) is 14.9 Å². The first-order valence-corrected chi connectivity index (χ1v) is 6.22. The summed E-state index contributed by atoms with van der Waals surface area (Å²) in [4.78, 5) is 13.4. The molecule has 0 radical (unpaired) electrons. The number of ether oxygens (including phenoxy) is 1. The highest BCUT2D eigenvalue weighted by atomic mass is 19.1. The van der Waals surface area contributed by atoms with E-state index in [0.29, 0.717) is 30.9 Å². The second-order valence-electron chi connectivity index (χ2n) is 4.38. The molecule has 2 rings (SSSR count). The Morgan fingerprint density at radius 3 is 3.11 bits per heavy atom. The zero-order valence-electron chi connectivity index (χ0n) is 10.5. The van der Waals surface area contributed by atoms with Gasteiger partial charge in [-0.15, -0.1) is 0 Å². The maximum Gasteiger partial charge on any atom is 0.321 e. The molecular weight excluding hydrogens is 251 g/mol. The van der Waals surface area contributed by atoms with E-state index < -0.39 is 12.8 Å². The number of nitrogens with zero attached hydrogens (tertiary/aromatic N) is 1. The number of carbonyl (C=O) groups is 1. The van der Waals surface area contributed by atoms with Gasteiger partial charge in [-0.1, -0.05) is 6.07 Å². The molecule has 1 aromatic carbocycles. The quantitative estimate of drug-likeness (QED) is 0.872. The Labute approximate surface area is 111 Å². The fourth-order valence-corrected chi connectivity index (χ4v) is 1.95. The molecule has 6 heteroatoms. The van der Waals surface area contributed by atoms with Crippen LogP contribution in [0.15, 0.2) is 24.3 Å². The largest absolute Gasteiger partial charge is 0.491 e. The van der Waals surface area contributed by atoms with Crippen LogP contribution >= 0.6 is 0 Å². The molecule has 0 saturated carbocycles. The molecule has 1 unspecified atom stereocenters. The summed E-state index contributed by atoms with van der Waals surface area (Å²) in [7, 11) is 0. The second kappa shape index (κ2) is 6.38. The number of hydrogen-bond acceptors (Lipinski definition) is 3. The van der Waals surface area contributed by atoms with Crippen molar-refractivity contribution >= 4 is 11.7 Å². The highest BCUT2D eigenvalue weighted by Gasteiger charge is 2.24. The minimum atomic E-state index is -0.553. The fraction of sp³-hybridized carbons (Fsp3) is 0.462. The van der Waals surface area contributed by atoms with E-state index >= 15 is 0 Å². The zero-order chi connectivity index (χ0) is 13.7. The SMILES string of the molecule is O=C(Nc1cccc(OCCF)c1)N1CCC(O)C1. The van der Waals surface area contributed by atoms with Gasteiger partial charge in [0.1, 0.15) is 19.0 Å². The number of carbonyl (C=O) groups excluding carboxylic acids is 1. The first kappa shape index (κ1) is 13.6. The molecule has 1 aliphatic heterocycles. The Balaban J connectivity index is 1.93. The van der Waals surface area contributed by atoms with Crippen molar-refractivity contribution < 1.29 is 19.0 Å². The van der Waals surface area contributed by atoms with Gasteiger partial charge in [0.15, 0.2) is 0 Å². The normalized spacial score (nSPS) is 18.4. The van der Waals surface area contributed by atoms with Crippen LogP contribution in [0.25, 0.3) is 0 Å². The number of alkyl halides is 1. The average molecular weight is 268 g/mol. The van der Waals surface area contributed by atoms with E-state index in [-0.39, 0.29) is 12.6 Å². The monoisotopic (exact) mass is 268 g/mol. The molecule has 1 aromatic rings. The van der Waals surface area contributed by atoms with Crippen LogP contribution in [-0.2, 0) is 0 Å². The Bertz CT molecular complexity index is 442. The molecule has 2 N–H and O–H groups in total. The van der Waals surface area contributed by atoms with Crippen molar-refractivity contribution in [3.63, 3.8) is 0 Å². The number of anilines is 1. The Kier molecular flexibility index (Phi) is 4.57. The lowest BCUT2D eigenvalue weighted by Gasteiger charge is -2.16. The zero-order valence-corrected chi connectivity index (χ0v) is 10.5. The van der Waals surface area contributed by atoms with Gasteiger partial charge in [-0.2, -0.15) is 0 Å². The molecule has 2 amide bonds. The Hall–Kier alpha value is -1.82. The third kappa shape index (κ3) is 3.82. The van der Waals surface area contributed by atoms with E-state index in [0.717, 1.165) is 0 Å². The maximum atomic E-state index is 12.0. The Morgan fingerprint density at radius 2 is 2.42 bits per heavy atom. The van der Waals surface area contributed by atoms with Gasteiger partial charge in [-0.25, -0.2) is 9.18 Å². The number of urea groups is 1. The molecule has 0 bridgehead atoms. The molecule has 0 spiro atoms. The van der Waals surface area contributed by atoms with Gasteiger partial charge in [0.05, 0.1) is 6.10 Å². The van der Waals surface area contributed by atoms with Crippen LogP contribution in [0.3, 0.4) is 0 Å². The van der Waals surface area contributed by atoms with Crippen molar-refractivity contribution in [2.24, 2.45) is 0 Å². The van der Waals surface area contributed by atoms with Crippen molar-refractivity contribution in [3.05, 3.63) is 24.3 Å². The van der Waals surface area contributed by atoms with Crippen molar-refractivity contribution in [2.75, 3.05) is 31.7 Å². The minimum Gasteiger partial charge on any atom is -0.491 e. The highest BCUT2D eigenvalue weighted by Crippen LogP contribution is 2.18. The van der Waals surface area contributed by atoms with Gasteiger partial charge in [-0.3, -0.25) is 0 Å². The van der Waals surface area contributed by atoms with E-state index in [1.165, 1.54) is 0 Å². The fourth-order valence-electron chi connectivity index (χ4n) is 1.95. The van der Waals surface area contributed by atoms with Crippen LogP contribution in [0, 0.1) is 0 Å². The predicted octanol–water partition coefficient (Wildman–Crippen LogP) is 1.63. The van der Waals surface area contributed by atoms with Crippen molar-refractivity contribution in [1.82, 2.24) is 4.90 Å². The van der Waals surface area contributed by atoms with Crippen molar-refractivity contribution in [1.29, 1.82) is 0 Å². The van der Waals surface area contributed by atoms with Crippen molar-refractivity contribution in [2.45, 2.75) is 12.5 Å². The molecule has 0 aromatic heterocycles. The number of amides is 2. The lowest BCUT2D eigenvalue weighted by atomic mass is 10.3. The molecule has 0 aliphatic carbocycles. The van der Waals surface area contributed by atoms with Gasteiger partial charge >= 0.3 is 6.03 Å². The average Bonchev–Trinajstić information content (AvgIpc) is 2.83. The topological polar surface area (TPSA) is 61.8 Å². The van der Waals surface area contributed by atoms with E-state index in [9.17, 15) is 14.3 Å². The number of aliphatic hydroxyl groups is 1. The first-order valence-electron chi connectivity index (χ1n) is 6.22. The highest BCUT2D eigenvalue weighted by molar-refractivity contribution is 5.89. The van der Waals surface area contributed by atoms with Gasteiger partial charge < -0.3 is 20.1 Å². The van der Waals surface area contributed by atoms with Crippen molar-refractivity contribution in [3.8, 4) is 5.75 Å². The standard InChI is InChI=1S/C13H17FN2O3/c14-5-7-19-12-3-1-2-10(8-12)15-13(18)16-6-4-11(17)9-16/h1-3,8,11,17H,4-7,9H2,(H,15,18). The van der Waals surface area contributed by atoms with E-state index in [4.69, 9.17) is 4.74 Å². The molecule has 1 fully saturated rings. The summed E-state index contributed by atoms with van der Waals surface area (Å²) in [6.07, 6.45) is 0.164. The molecular formula is C13H17FN2O3. The number of benzene rings is 1. The van der Waals surface area contributed by atoms with E-state index in [1.54, 1.807) is 29.2 Å². The summed E-state index contributed by atoms with van der Waals surface area (Å²) in [6.45, 7) is 0.340. The molecule has 1 atom stereocenters. The van der Waals surface area contributed by atoms with Crippen LogP contribution in [0.5, 0.6) is 5.75 Å². The summed E-state index contributed by atoms with van der Waals surface area (Å²) < 4.78 is 17.1. The second-order valence-corrected chi connectivity index (χ2v) is 4.38. The molecule has 5 nitrogen and oxygen atoms in total. The molecule has 1 heterocycles. The molecule has 19 heavy (non-hydrogen) atoms. The predicted molar refractivity (Wildman–Crippen MR) is 69.1 cm³/mol. The third-order valence-corrected chi connectivity index (χ3v) is 2.88. The summed E-state index contributed by atoms with van der Waals surface area (Å²) in [5.74, 6) is 0.511. The number of likely N-dealkylation sites (tertiary alicyclic amines) is 1. The van der Waals surface area contributed by atoms with Gasteiger partial charge in [-0.05, 0) is 18.6 Å². The van der Waals surface area contributed by atoms with Crippen LogP contribution < -0.4 is 10.1 Å². The number of rotatable bonds is 4. The number of nitrogens with one attached hydrogen (secondary N) is 1. The van der Waals surface area contributed by atoms with Gasteiger partial charge in [0.2, 0.25) is 0 Å². The first-order chi connectivity index (χ1) is 9.19. The Morgan fingerprint density at radius 1 is 1.58 bits per heavy atom. The lowest BCUT2D eigenvalue weighted by Crippen LogP contribution is -2.33. The van der Waals surface area contributed by atoms with E-state index in [2.05, 4.69) is 5.32 Å². The minimum absolute atomic E-state index is 0.00425. The number of aliphatic hydroxyl groups excluding tert-OH is 1. The molecule has 104 valence electrons. The van der Waals surface area contributed by atoms with Crippen LogP contribution in [0.1, 0.15) is 6.42 Å². The van der Waals surface area contributed by atoms with Gasteiger partial charge in [0.25, 0.3) is 0 Å². The van der Waals surface area contributed by atoms with Crippen LogP contribution in [0.2, 0.25) is 0 Å². The molecule has 1 aliphatic rings. The summed E-state index contributed by atoms with van der Waals surface area (Å²) in [5.41, 5.74) is 0.586. The summed E-state index contributed by atoms with van der Waals surface area (Å²) >= 11 is 0. The van der Waals surface area contributed by atoms with Crippen LogP contribution in [-0.4, -0.2) is 48.5 Å². The maximum absolute atomic E-state index is 12.0. The number of β-amino-alcohol motifs (C(OH)–C–C–N with tert-alkyl or cyclic N) is 1. The third-order valence-electron chi connectivity index (χ3n) is 2.88. The molecule has 1 saturated heterocycles. The number of hydrogen-bond donors (Lipinski definition) is 2. The summed E-state index contributed by atoms with van der Waals surface area (Å²) in [5, 5.41) is 12.1.